The maximum Gasteiger partial charge on any atom is 0.416 e. The molecule has 2 rings (SSSR count). The molecule has 2 aromatic rings. The molecular weight excluding hydrogens is 401 g/mol. The lowest BCUT2D eigenvalue weighted by molar-refractivity contribution is -0.147. The van der Waals surface area contributed by atoms with Crippen LogP contribution in [0.1, 0.15) is 23.6 Å². The summed E-state index contributed by atoms with van der Waals surface area (Å²) in [6, 6.07) is 8.42. The van der Waals surface area contributed by atoms with Gasteiger partial charge in [0.25, 0.3) is 0 Å². The molecule has 6 nitrogen and oxygen atoms in total. The predicted octanol–water partition coefficient (Wildman–Crippen LogP) is 2.57. The Balaban J connectivity index is 2.07. The number of alkyl halides is 3. The molecule has 30 heavy (non-hydrogen) atoms. The summed E-state index contributed by atoms with van der Waals surface area (Å²) in [5.41, 5.74) is 6.25. The SMILES string of the molecule is CCOC(=O)[C@H](Cc1ccc(C(F)(F)F)cc1)NC(=O)[C@@H](N)Cc1ccc(O)cc1. The first-order valence-electron chi connectivity index (χ1n) is 9.26. The molecule has 0 heterocycles. The van der Waals surface area contributed by atoms with Crippen molar-refractivity contribution in [2.45, 2.75) is 38.0 Å². The molecule has 1 amide bonds. The predicted molar refractivity (Wildman–Crippen MR) is 103 cm³/mol. The van der Waals surface area contributed by atoms with Crippen LogP contribution in [-0.4, -0.2) is 35.7 Å². The molecule has 0 aromatic heterocycles. The minimum atomic E-state index is -4.46. The van der Waals surface area contributed by atoms with E-state index < -0.39 is 35.7 Å². The summed E-state index contributed by atoms with van der Waals surface area (Å²) < 4.78 is 43.1. The van der Waals surface area contributed by atoms with Crippen LogP contribution in [0.25, 0.3) is 0 Å². The third kappa shape index (κ3) is 6.77. The van der Waals surface area contributed by atoms with E-state index in [1.807, 2.05) is 0 Å². The Hall–Kier alpha value is -3.07. The van der Waals surface area contributed by atoms with E-state index in [4.69, 9.17) is 10.5 Å². The number of rotatable bonds is 8. The molecule has 0 saturated heterocycles. The summed E-state index contributed by atoms with van der Waals surface area (Å²) in [6.45, 7) is 1.68. The molecular formula is C21H23F3N2O4. The Morgan fingerprint density at radius 2 is 1.57 bits per heavy atom. The maximum atomic E-state index is 12.7. The zero-order valence-corrected chi connectivity index (χ0v) is 16.3. The van der Waals surface area contributed by atoms with Gasteiger partial charge in [-0.1, -0.05) is 24.3 Å². The maximum absolute atomic E-state index is 12.7. The Morgan fingerprint density at radius 1 is 1.03 bits per heavy atom. The fourth-order valence-corrected chi connectivity index (χ4v) is 2.76. The normalized spacial score (nSPS) is 13.4. The van der Waals surface area contributed by atoms with Crippen LogP contribution < -0.4 is 11.1 Å². The number of esters is 1. The number of phenolic OH excluding ortho intramolecular Hbond substituents is 1. The second kappa shape index (κ2) is 10.1. The Kier molecular flexibility index (Phi) is 7.82. The molecule has 0 radical (unpaired) electrons. The van der Waals surface area contributed by atoms with Crippen molar-refractivity contribution < 1.29 is 32.6 Å². The summed E-state index contributed by atoms with van der Waals surface area (Å²) in [6.07, 6.45) is -4.34. The summed E-state index contributed by atoms with van der Waals surface area (Å²) in [7, 11) is 0. The van der Waals surface area contributed by atoms with Gasteiger partial charge in [-0.3, -0.25) is 4.79 Å². The summed E-state index contributed by atoms with van der Waals surface area (Å²) in [5, 5.41) is 11.8. The van der Waals surface area contributed by atoms with Gasteiger partial charge < -0.3 is 20.9 Å². The lowest BCUT2D eigenvalue weighted by Gasteiger charge is -2.20. The third-order valence-electron chi connectivity index (χ3n) is 4.34. The van der Waals surface area contributed by atoms with Gasteiger partial charge >= 0.3 is 12.1 Å². The molecule has 9 heteroatoms. The Labute approximate surface area is 171 Å². The van der Waals surface area contributed by atoms with Gasteiger partial charge in [0, 0.05) is 6.42 Å². The van der Waals surface area contributed by atoms with E-state index in [1.165, 1.54) is 24.3 Å². The summed E-state index contributed by atoms with van der Waals surface area (Å²) >= 11 is 0. The highest BCUT2D eigenvalue weighted by molar-refractivity contribution is 5.87. The number of halogens is 3. The molecule has 0 saturated carbocycles. The highest BCUT2D eigenvalue weighted by atomic mass is 19.4. The van der Waals surface area contributed by atoms with Gasteiger partial charge in [0.2, 0.25) is 5.91 Å². The van der Waals surface area contributed by atoms with Crippen molar-refractivity contribution in [3.8, 4) is 5.75 Å². The minimum Gasteiger partial charge on any atom is -0.508 e. The first kappa shape index (κ1) is 23.2. The minimum absolute atomic E-state index is 0.0470. The number of phenols is 1. The number of aromatic hydroxyl groups is 1. The number of nitrogens with two attached hydrogens (primary N) is 1. The van der Waals surface area contributed by atoms with Crippen molar-refractivity contribution in [1.82, 2.24) is 5.32 Å². The molecule has 0 aliphatic carbocycles. The van der Waals surface area contributed by atoms with Crippen LogP contribution >= 0.6 is 0 Å². The fraction of sp³-hybridized carbons (Fsp3) is 0.333. The summed E-state index contributed by atoms with van der Waals surface area (Å²) in [4.78, 5) is 24.7. The van der Waals surface area contributed by atoms with Crippen LogP contribution in [0.5, 0.6) is 5.75 Å². The number of hydrogen-bond acceptors (Lipinski definition) is 5. The van der Waals surface area contributed by atoms with Gasteiger partial charge in [0.05, 0.1) is 18.2 Å². The van der Waals surface area contributed by atoms with Gasteiger partial charge in [0.15, 0.2) is 0 Å². The average Bonchev–Trinajstić information content (AvgIpc) is 2.69. The largest absolute Gasteiger partial charge is 0.508 e. The molecule has 0 spiro atoms. The number of hydrogen-bond donors (Lipinski definition) is 3. The van der Waals surface area contributed by atoms with Crippen molar-refractivity contribution in [2.75, 3.05) is 6.61 Å². The number of amides is 1. The van der Waals surface area contributed by atoms with Crippen LogP contribution in [-0.2, 0) is 33.3 Å². The van der Waals surface area contributed by atoms with E-state index in [0.29, 0.717) is 11.1 Å². The first-order chi connectivity index (χ1) is 14.1. The van der Waals surface area contributed by atoms with E-state index in [1.54, 1.807) is 19.1 Å². The van der Waals surface area contributed by atoms with Crippen LogP contribution in [0, 0.1) is 0 Å². The van der Waals surface area contributed by atoms with Gasteiger partial charge in [-0.05, 0) is 48.7 Å². The van der Waals surface area contributed by atoms with Crippen LogP contribution in [0.4, 0.5) is 13.2 Å². The first-order valence-corrected chi connectivity index (χ1v) is 9.26. The molecule has 4 N–H and O–H groups in total. The quantitative estimate of drug-likeness (QED) is 0.566. The molecule has 0 aliphatic rings. The number of ether oxygens (including phenoxy) is 1. The smallest absolute Gasteiger partial charge is 0.416 e. The highest BCUT2D eigenvalue weighted by Gasteiger charge is 2.30. The number of benzene rings is 2. The molecule has 0 aliphatic heterocycles. The van der Waals surface area contributed by atoms with E-state index >= 15 is 0 Å². The van der Waals surface area contributed by atoms with Crippen LogP contribution in [0.2, 0.25) is 0 Å². The third-order valence-corrected chi connectivity index (χ3v) is 4.34. The van der Waals surface area contributed by atoms with E-state index in [9.17, 15) is 27.9 Å². The molecule has 162 valence electrons. The van der Waals surface area contributed by atoms with Crippen LogP contribution in [0.3, 0.4) is 0 Å². The number of nitrogens with one attached hydrogen (secondary N) is 1. The molecule has 0 unspecified atom stereocenters. The lowest BCUT2D eigenvalue weighted by atomic mass is 10.0. The molecule has 2 aromatic carbocycles. The van der Waals surface area contributed by atoms with E-state index in [2.05, 4.69) is 5.32 Å². The van der Waals surface area contributed by atoms with Crippen molar-refractivity contribution in [2.24, 2.45) is 5.73 Å². The fourth-order valence-electron chi connectivity index (χ4n) is 2.76. The Bertz CT molecular complexity index is 852. The van der Waals surface area contributed by atoms with Crippen LogP contribution in [0.15, 0.2) is 48.5 Å². The van der Waals surface area contributed by atoms with E-state index in [0.717, 1.165) is 12.1 Å². The van der Waals surface area contributed by atoms with Gasteiger partial charge in [-0.2, -0.15) is 13.2 Å². The van der Waals surface area contributed by atoms with Crippen molar-refractivity contribution in [3.05, 3.63) is 65.2 Å². The van der Waals surface area contributed by atoms with Gasteiger partial charge in [-0.15, -0.1) is 0 Å². The standard InChI is InChI=1S/C21H23F3N2O4/c1-2-30-20(29)18(12-14-3-7-15(8-4-14)21(22,23)24)26-19(28)17(25)11-13-5-9-16(27)10-6-13/h3-10,17-18,27H,2,11-12,25H2,1H3,(H,26,28)/t17-,18-/m0/s1. The molecule has 0 bridgehead atoms. The lowest BCUT2D eigenvalue weighted by Crippen LogP contribution is -2.50. The van der Waals surface area contributed by atoms with E-state index in [-0.39, 0.29) is 25.2 Å². The molecule has 0 fully saturated rings. The average molecular weight is 424 g/mol. The second-order valence-electron chi connectivity index (χ2n) is 6.69. The monoisotopic (exact) mass is 424 g/mol. The zero-order valence-electron chi connectivity index (χ0n) is 16.3. The molecule has 2 atom stereocenters. The van der Waals surface area contributed by atoms with Crippen molar-refractivity contribution in [3.63, 3.8) is 0 Å². The number of carbonyl (C=O) groups excluding carboxylic acids is 2. The number of carbonyl (C=O) groups is 2. The van der Waals surface area contributed by atoms with Crippen molar-refractivity contribution >= 4 is 11.9 Å². The summed E-state index contributed by atoms with van der Waals surface area (Å²) in [5.74, 6) is -1.23. The van der Waals surface area contributed by atoms with Gasteiger partial charge in [-0.25, -0.2) is 4.79 Å². The topological polar surface area (TPSA) is 102 Å². The van der Waals surface area contributed by atoms with Gasteiger partial charge in [0.1, 0.15) is 11.8 Å². The zero-order chi connectivity index (χ0) is 22.3. The van der Waals surface area contributed by atoms with Crippen molar-refractivity contribution in [1.29, 1.82) is 0 Å². The highest BCUT2D eigenvalue weighted by Crippen LogP contribution is 2.29. The Morgan fingerprint density at radius 3 is 2.10 bits per heavy atom. The second-order valence-corrected chi connectivity index (χ2v) is 6.69.